The second-order valence-corrected chi connectivity index (χ2v) is 4.91. The van der Waals surface area contributed by atoms with Crippen LogP contribution in [0.5, 0.6) is 0 Å². The zero-order chi connectivity index (χ0) is 13.3. The number of benzene rings is 2. The SMILES string of the molecule is Cc1ccc(C(N)c2cc(F)ccc2C)c(Cl)c1. The quantitative estimate of drug-likeness (QED) is 0.866. The molecule has 0 radical (unpaired) electrons. The molecule has 0 aliphatic carbocycles. The Kier molecular flexibility index (Phi) is 3.69. The van der Waals surface area contributed by atoms with Crippen molar-refractivity contribution in [3.05, 3.63) is 69.5 Å². The Morgan fingerprint density at radius 1 is 1.06 bits per heavy atom. The van der Waals surface area contributed by atoms with Crippen LogP contribution in [0.4, 0.5) is 4.39 Å². The molecule has 0 aromatic heterocycles. The zero-order valence-electron chi connectivity index (χ0n) is 10.4. The number of nitrogens with two attached hydrogens (primary N) is 1. The minimum absolute atomic E-state index is 0.283. The van der Waals surface area contributed by atoms with Gasteiger partial charge in [-0.3, -0.25) is 0 Å². The Morgan fingerprint density at radius 2 is 1.78 bits per heavy atom. The van der Waals surface area contributed by atoms with Gasteiger partial charge in [0.15, 0.2) is 0 Å². The lowest BCUT2D eigenvalue weighted by molar-refractivity contribution is 0.622. The monoisotopic (exact) mass is 263 g/mol. The standard InChI is InChI=1S/C15H15ClFN/c1-9-3-6-12(14(16)7-9)15(18)13-8-11(17)5-4-10(13)2/h3-8,15H,18H2,1-2H3. The molecular formula is C15H15ClFN. The number of aryl methyl sites for hydroxylation is 2. The maximum atomic E-state index is 13.3. The van der Waals surface area contributed by atoms with E-state index in [9.17, 15) is 4.39 Å². The number of hydrogen-bond donors (Lipinski definition) is 1. The highest BCUT2D eigenvalue weighted by Crippen LogP contribution is 2.29. The molecule has 18 heavy (non-hydrogen) atoms. The molecule has 2 N–H and O–H groups in total. The van der Waals surface area contributed by atoms with Gasteiger partial charge in [0, 0.05) is 5.02 Å². The summed E-state index contributed by atoms with van der Waals surface area (Å²) >= 11 is 6.19. The largest absolute Gasteiger partial charge is 0.320 e. The summed E-state index contributed by atoms with van der Waals surface area (Å²) in [7, 11) is 0. The van der Waals surface area contributed by atoms with E-state index in [1.165, 1.54) is 12.1 Å². The normalized spacial score (nSPS) is 12.5. The molecular weight excluding hydrogens is 249 g/mol. The van der Waals surface area contributed by atoms with Crippen LogP contribution in [-0.2, 0) is 0 Å². The van der Waals surface area contributed by atoms with Gasteiger partial charge in [0.2, 0.25) is 0 Å². The van der Waals surface area contributed by atoms with Gasteiger partial charge in [-0.05, 0) is 54.3 Å². The van der Waals surface area contributed by atoms with Crippen molar-refractivity contribution in [1.82, 2.24) is 0 Å². The summed E-state index contributed by atoms with van der Waals surface area (Å²) in [6, 6.07) is 9.94. The summed E-state index contributed by atoms with van der Waals surface area (Å²) in [6.07, 6.45) is 0. The molecule has 0 spiro atoms. The molecule has 2 aromatic rings. The van der Waals surface area contributed by atoms with Crippen molar-refractivity contribution in [2.24, 2.45) is 5.73 Å². The second-order valence-electron chi connectivity index (χ2n) is 4.50. The topological polar surface area (TPSA) is 26.0 Å². The molecule has 0 aliphatic heterocycles. The third kappa shape index (κ3) is 2.55. The van der Waals surface area contributed by atoms with Crippen LogP contribution in [0, 0.1) is 19.7 Å². The van der Waals surface area contributed by atoms with E-state index in [2.05, 4.69) is 0 Å². The van der Waals surface area contributed by atoms with Crippen molar-refractivity contribution in [2.45, 2.75) is 19.9 Å². The maximum absolute atomic E-state index is 13.3. The third-order valence-electron chi connectivity index (χ3n) is 3.07. The third-order valence-corrected chi connectivity index (χ3v) is 3.39. The van der Waals surface area contributed by atoms with Gasteiger partial charge in [-0.2, -0.15) is 0 Å². The molecule has 0 saturated heterocycles. The lowest BCUT2D eigenvalue weighted by Gasteiger charge is -2.17. The first-order chi connectivity index (χ1) is 8.49. The average molecular weight is 264 g/mol. The van der Waals surface area contributed by atoms with E-state index in [1.807, 2.05) is 32.0 Å². The Labute approximate surface area is 111 Å². The van der Waals surface area contributed by atoms with Crippen molar-refractivity contribution in [2.75, 3.05) is 0 Å². The van der Waals surface area contributed by atoms with Crippen LogP contribution in [-0.4, -0.2) is 0 Å². The first-order valence-corrected chi connectivity index (χ1v) is 6.14. The smallest absolute Gasteiger partial charge is 0.123 e. The summed E-state index contributed by atoms with van der Waals surface area (Å²) < 4.78 is 13.3. The molecule has 1 nitrogen and oxygen atoms in total. The summed E-state index contributed by atoms with van der Waals surface area (Å²) in [5.74, 6) is -0.283. The Bertz CT molecular complexity index is 581. The first kappa shape index (κ1) is 13.1. The van der Waals surface area contributed by atoms with Crippen LogP contribution in [0.1, 0.15) is 28.3 Å². The minimum atomic E-state index is -0.409. The van der Waals surface area contributed by atoms with E-state index in [0.29, 0.717) is 5.02 Å². The van der Waals surface area contributed by atoms with Gasteiger partial charge in [0.1, 0.15) is 5.82 Å². The summed E-state index contributed by atoms with van der Waals surface area (Å²) in [6.45, 7) is 3.88. The minimum Gasteiger partial charge on any atom is -0.320 e. The predicted octanol–water partition coefficient (Wildman–Crippen LogP) is 4.14. The molecule has 0 bridgehead atoms. The molecule has 0 fully saturated rings. The van der Waals surface area contributed by atoms with Crippen LogP contribution in [0.25, 0.3) is 0 Å². The Balaban J connectivity index is 2.47. The molecule has 2 aromatic carbocycles. The van der Waals surface area contributed by atoms with Gasteiger partial charge < -0.3 is 5.73 Å². The van der Waals surface area contributed by atoms with E-state index in [1.54, 1.807) is 6.07 Å². The Hall–Kier alpha value is -1.38. The van der Waals surface area contributed by atoms with Crippen LogP contribution >= 0.6 is 11.6 Å². The molecule has 1 unspecified atom stereocenters. The van der Waals surface area contributed by atoms with Gasteiger partial charge in [0.25, 0.3) is 0 Å². The van der Waals surface area contributed by atoms with Crippen LogP contribution in [0.2, 0.25) is 5.02 Å². The molecule has 0 amide bonds. The van der Waals surface area contributed by atoms with Crippen molar-refractivity contribution >= 4 is 11.6 Å². The van der Waals surface area contributed by atoms with Gasteiger partial charge in [-0.1, -0.05) is 29.8 Å². The molecule has 1 atom stereocenters. The van der Waals surface area contributed by atoms with Gasteiger partial charge in [-0.15, -0.1) is 0 Å². The fourth-order valence-electron chi connectivity index (χ4n) is 2.00. The molecule has 2 rings (SSSR count). The Morgan fingerprint density at radius 3 is 2.44 bits per heavy atom. The average Bonchev–Trinajstić information content (AvgIpc) is 2.31. The van der Waals surface area contributed by atoms with Crippen molar-refractivity contribution in [3.63, 3.8) is 0 Å². The zero-order valence-corrected chi connectivity index (χ0v) is 11.1. The lowest BCUT2D eigenvalue weighted by Crippen LogP contribution is -2.14. The van der Waals surface area contributed by atoms with Crippen LogP contribution in [0.15, 0.2) is 36.4 Å². The fraction of sp³-hybridized carbons (Fsp3) is 0.200. The van der Waals surface area contributed by atoms with Gasteiger partial charge in [0.05, 0.1) is 6.04 Å². The lowest BCUT2D eigenvalue weighted by atomic mass is 9.95. The molecule has 94 valence electrons. The van der Waals surface area contributed by atoms with Crippen molar-refractivity contribution < 1.29 is 4.39 Å². The summed E-state index contributed by atoms with van der Waals surface area (Å²) in [5.41, 5.74) is 9.80. The molecule has 3 heteroatoms. The highest BCUT2D eigenvalue weighted by molar-refractivity contribution is 6.31. The maximum Gasteiger partial charge on any atom is 0.123 e. The van der Waals surface area contributed by atoms with E-state index < -0.39 is 6.04 Å². The number of hydrogen-bond acceptors (Lipinski definition) is 1. The van der Waals surface area contributed by atoms with Crippen molar-refractivity contribution in [1.29, 1.82) is 0 Å². The molecule has 0 heterocycles. The fourth-order valence-corrected chi connectivity index (χ4v) is 2.35. The van der Waals surface area contributed by atoms with E-state index in [-0.39, 0.29) is 5.82 Å². The van der Waals surface area contributed by atoms with Gasteiger partial charge >= 0.3 is 0 Å². The van der Waals surface area contributed by atoms with Crippen LogP contribution in [0.3, 0.4) is 0 Å². The van der Waals surface area contributed by atoms with Crippen LogP contribution < -0.4 is 5.73 Å². The van der Waals surface area contributed by atoms with Gasteiger partial charge in [-0.25, -0.2) is 4.39 Å². The van der Waals surface area contributed by atoms with Crippen molar-refractivity contribution in [3.8, 4) is 0 Å². The highest BCUT2D eigenvalue weighted by Gasteiger charge is 2.15. The second kappa shape index (κ2) is 5.09. The molecule has 0 saturated carbocycles. The van der Waals surface area contributed by atoms with E-state index in [4.69, 9.17) is 17.3 Å². The first-order valence-electron chi connectivity index (χ1n) is 5.76. The number of rotatable bonds is 2. The van der Waals surface area contributed by atoms with E-state index >= 15 is 0 Å². The predicted molar refractivity (Wildman–Crippen MR) is 73.4 cm³/mol. The summed E-state index contributed by atoms with van der Waals surface area (Å²) in [5, 5.41) is 0.617. The molecule has 0 aliphatic rings. The van der Waals surface area contributed by atoms with E-state index in [0.717, 1.165) is 22.3 Å². The highest BCUT2D eigenvalue weighted by atomic mass is 35.5. The summed E-state index contributed by atoms with van der Waals surface area (Å²) in [4.78, 5) is 0. The number of halogens is 2.